The van der Waals surface area contributed by atoms with Crippen molar-refractivity contribution in [3.05, 3.63) is 47.6 Å². The first-order chi connectivity index (χ1) is 11.8. The molecule has 0 spiro atoms. The largest absolute Gasteiger partial charge is 0.356 e. The van der Waals surface area contributed by atoms with Crippen molar-refractivity contribution in [2.75, 3.05) is 18.0 Å². The Balaban J connectivity index is 1.70. The van der Waals surface area contributed by atoms with Crippen molar-refractivity contribution in [2.24, 2.45) is 0 Å². The lowest BCUT2D eigenvalue weighted by Crippen LogP contribution is -2.30. The molecule has 24 heavy (non-hydrogen) atoms. The van der Waals surface area contributed by atoms with Crippen molar-refractivity contribution in [3.63, 3.8) is 0 Å². The Morgan fingerprint density at radius 1 is 1.04 bits per heavy atom. The molecule has 0 atom stereocenters. The summed E-state index contributed by atoms with van der Waals surface area (Å²) in [7, 11) is 0. The van der Waals surface area contributed by atoms with Crippen molar-refractivity contribution < 1.29 is 4.52 Å². The van der Waals surface area contributed by atoms with Crippen LogP contribution in [0.1, 0.15) is 19.3 Å². The Morgan fingerprint density at radius 3 is 2.75 bits per heavy atom. The molecule has 122 valence electrons. The number of rotatable bonds is 3. The smallest absolute Gasteiger partial charge is 0.261 e. The van der Waals surface area contributed by atoms with Gasteiger partial charge in [0.1, 0.15) is 5.82 Å². The van der Waals surface area contributed by atoms with Crippen LogP contribution in [-0.4, -0.2) is 28.2 Å². The van der Waals surface area contributed by atoms with E-state index in [4.69, 9.17) is 16.1 Å². The molecule has 1 saturated heterocycles. The molecule has 1 aromatic carbocycles. The summed E-state index contributed by atoms with van der Waals surface area (Å²) in [4.78, 5) is 11.4. The Labute approximate surface area is 145 Å². The minimum Gasteiger partial charge on any atom is -0.356 e. The van der Waals surface area contributed by atoms with Gasteiger partial charge in [-0.2, -0.15) is 4.98 Å². The fraction of sp³-hybridized carbons (Fsp3) is 0.278. The molecule has 4 rings (SSSR count). The molecule has 5 nitrogen and oxygen atoms in total. The van der Waals surface area contributed by atoms with Crippen molar-refractivity contribution in [1.82, 2.24) is 15.1 Å². The highest BCUT2D eigenvalue weighted by Crippen LogP contribution is 2.31. The van der Waals surface area contributed by atoms with Crippen molar-refractivity contribution >= 4 is 17.4 Å². The second-order valence-corrected chi connectivity index (χ2v) is 6.29. The molecular weight excluding hydrogens is 324 g/mol. The van der Waals surface area contributed by atoms with E-state index in [9.17, 15) is 0 Å². The molecule has 1 aliphatic rings. The van der Waals surface area contributed by atoms with Gasteiger partial charge in [-0.1, -0.05) is 28.9 Å². The summed E-state index contributed by atoms with van der Waals surface area (Å²) in [6.45, 7) is 2.03. The molecule has 3 heterocycles. The molecule has 1 fully saturated rings. The molecule has 0 N–H and O–H groups in total. The van der Waals surface area contributed by atoms with Gasteiger partial charge in [0.25, 0.3) is 5.89 Å². The van der Waals surface area contributed by atoms with E-state index < -0.39 is 0 Å². The number of nitrogens with zero attached hydrogens (tertiary/aromatic N) is 4. The number of benzene rings is 1. The summed E-state index contributed by atoms with van der Waals surface area (Å²) in [6, 6.07) is 11.3. The molecular formula is C18H17ClN4O. The summed E-state index contributed by atoms with van der Waals surface area (Å²) in [6.07, 6.45) is 5.46. The van der Waals surface area contributed by atoms with Crippen LogP contribution in [0, 0.1) is 0 Å². The lowest BCUT2D eigenvalue weighted by molar-refractivity contribution is 0.432. The standard InChI is InChI=1S/C18H17ClN4O/c19-14-7-4-6-13(12-14)16-21-18(24-22-16)15-8-5-9-20-17(15)23-10-2-1-3-11-23/h4-9,12H,1-3,10-11H2. The quantitative estimate of drug-likeness (QED) is 0.705. The van der Waals surface area contributed by atoms with E-state index in [0.717, 1.165) is 30.0 Å². The van der Waals surface area contributed by atoms with Crippen LogP contribution in [-0.2, 0) is 0 Å². The lowest BCUT2D eigenvalue weighted by atomic mass is 10.1. The minimum atomic E-state index is 0.485. The predicted octanol–water partition coefficient (Wildman–Crippen LogP) is 4.44. The first kappa shape index (κ1) is 15.1. The average Bonchev–Trinajstić information content (AvgIpc) is 3.12. The molecule has 0 aliphatic carbocycles. The van der Waals surface area contributed by atoms with Gasteiger partial charge >= 0.3 is 0 Å². The zero-order valence-corrected chi connectivity index (χ0v) is 13.9. The molecule has 0 amide bonds. The highest BCUT2D eigenvalue weighted by atomic mass is 35.5. The third-order valence-corrected chi connectivity index (χ3v) is 4.42. The van der Waals surface area contributed by atoms with Crippen LogP contribution in [0.5, 0.6) is 0 Å². The Hall–Kier alpha value is -2.40. The van der Waals surface area contributed by atoms with Gasteiger partial charge in [0, 0.05) is 29.9 Å². The highest BCUT2D eigenvalue weighted by molar-refractivity contribution is 6.30. The number of hydrogen-bond donors (Lipinski definition) is 0. The van der Waals surface area contributed by atoms with E-state index in [-0.39, 0.29) is 0 Å². The van der Waals surface area contributed by atoms with Crippen LogP contribution >= 0.6 is 11.6 Å². The van der Waals surface area contributed by atoms with E-state index in [0.29, 0.717) is 16.7 Å². The van der Waals surface area contributed by atoms with Crippen molar-refractivity contribution in [2.45, 2.75) is 19.3 Å². The van der Waals surface area contributed by atoms with Gasteiger partial charge in [-0.15, -0.1) is 0 Å². The number of pyridine rings is 1. The molecule has 0 bridgehead atoms. The maximum atomic E-state index is 6.04. The normalized spacial score (nSPS) is 14.8. The third kappa shape index (κ3) is 2.99. The Bertz CT molecular complexity index is 842. The van der Waals surface area contributed by atoms with Crippen LogP contribution < -0.4 is 4.90 Å². The van der Waals surface area contributed by atoms with Gasteiger partial charge in [-0.3, -0.25) is 0 Å². The van der Waals surface area contributed by atoms with Gasteiger partial charge in [0.2, 0.25) is 5.82 Å². The molecule has 2 aromatic heterocycles. The summed E-state index contributed by atoms with van der Waals surface area (Å²) in [5.74, 6) is 1.93. The highest BCUT2D eigenvalue weighted by Gasteiger charge is 2.20. The van der Waals surface area contributed by atoms with Gasteiger partial charge < -0.3 is 9.42 Å². The Kier molecular flexibility index (Phi) is 4.17. The van der Waals surface area contributed by atoms with Crippen LogP contribution in [0.2, 0.25) is 5.02 Å². The van der Waals surface area contributed by atoms with E-state index >= 15 is 0 Å². The first-order valence-corrected chi connectivity index (χ1v) is 8.49. The molecule has 3 aromatic rings. The fourth-order valence-electron chi connectivity index (χ4n) is 3.00. The number of anilines is 1. The summed E-state index contributed by atoms with van der Waals surface area (Å²) < 4.78 is 5.51. The van der Waals surface area contributed by atoms with Crippen molar-refractivity contribution in [3.8, 4) is 22.8 Å². The number of halogens is 1. The summed E-state index contributed by atoms with van der Waals surface area (Å²) >= 11 is 6.04. The SMILES string of the molecule is Clc1cccc(-c2noc(-c3cccnc3N3CCCCC3)n2)c1. The lowest BCUT2D eigenvalue weighted by Gasteiger charge is -2.28. The van der Waals surface area contributed by atoms with E-state index in [1.165, 1.54) is 19.3 Å². The first-order valence-electron chi connectivity index (χ1n) is 8.11. The third-order valence-electron chi connectivity index (χ3n) is 4.18. The predicted molar refractivity (Wildman–Crippen MR) is 94.0 cm³/mol. The fourth-order valence-corrected chi connectivity index (χ4v) is 3.19. The maximum Gasteiger partial charge on any atom is 0.261 e. The van der Waals surface area contributed by atoms with E-state index in [1.807, 2.05) is 42.6 Å². The Morgan fingerprint density at radius 2 is 1.92 bits per heavy atom. The summed E-state index contributed by atoms with van der Waals surface area (Å²) in [5, 5.41) is 4.75. The maximum absolute atomic E-state index is 6.04. The van der Waals surface area contributed by atoms with Gasteiger partial charge in [-0.05, 0) is 43.5 Å². The topological polar surface area (TPSA) is 55.1 Å². The van der Waals surface area contributed by atoms with E-state index in [1.54, 1.807) is 0 Å². The average molecular weight is 341 g/mol. The molecule has 0 unspecified atom stereocenters. The van der Waals surface area contributed by atoms with Gasteiger partial charge in [0.05, 0.1) is 5.56 Å². The van der Waals surface area contributed by atoms with Crippen LogP contribution in [0.25, 0.3) is 22.8 Å². The second kappa shape index (κ2) is 6.61. The van der Waals surface area contributed by atoms with Crippen LogP contribution in [0.3, 0.4) is 0 Å². The van der Waals surface area contributed by atoms with E-state index in [2.05, 4.69) is 20.0 Å². The molecule has 0 radical (unpaired) electrons. The van der Waals surface area contributed by atoms with Crippen LogP contribution in [0.4, 0.5) is 5.82 Å². The van der Waals surface area contributed by atoms with Gasteiger partial charge in [-0.25, -0.2) is 4.98 Å². The second-order valence-electron chi connectivity index (χ2n) is 5.86. The number of piperidine rings is 1. The minimum absolute atomic E-state index is 0.485. The molecule has 6 heteroatoms. The van der Waals surface area contributed by atoms with Crippen molar-refractivity contribution in [1.29, 1.82) is 0 Å². The monoisotopic (exact) mass is 340 g/mol. The zero-order valence-electron chi connectivity index (χ0n) is 13.2. The molecule has 1 aliphatic heterocycles. The number of aromatic nitrogens is 3. The zero-order chi connectivity index (χ0) is 16.4. The number of hydrogen-bond acceptors (Lipinski definition) is 5. The van der Waals surface area contributed by atoms with Gasteiger partial charge in [0.15, 0.2) is 0 Å². The molecule has 0 saturated carbocycles. The summed E-state index contributed by atoms with van der Waals surface area (Å²) in [5.41, 5.74) is 1.71. The van der Waals surface area contributed by atoms with Crippen LogP contribution in [0.15, 0.2) is 47.1 Å².